The molecule has 1 heterocycles. The molecule has 0 unspecified atom stereocenters. The van der Waals surface area contributed by atoms with Gasteiger partial charge in [0.1, 0.15) is 6.73 Å². The fourth-order valence-electron chi connectivity index (χ4n) is 1.87. The van der Waals surface area contributed by atoms with E-state index in [0.29, 0.717) is 5.69 Å². The van der Waals surface area contributed by atoms with Crippen LogP contribution < -0.4 is 11.4 Å². The van der Waals surface area contributed by atoms with Crippen LogP contribution in [0.2, 0.25) is 0 Å². The van der Waals surface area contributed by atoms with E-state index in [1.807, 2.05) is 19.9 Å². The molecule has 0 spiro atoms. The van der Waals surface area contributed by atoms with E-state index in [2.05, 4.69) is 0 Å². The van der Waals surface area contributed by atoms with Gasteiger partial charge in [-0.1, -0.05) is 18.2 Å². The van der Waals surface area contributed by atoms with Gasteiger partial charge in [-0.15, -0.1) is 0 Å². The van der Waals surface area contributed by atoms with Crippen LogP contribution in [-0.2, 0) is 6.73 Å². The van der Waals surface area contributed by atoms with Gasteiger partial charge in [0.25, 0.3) is 0 Å². The molecular formula is C12H15N3O3. The van der Waals surface area contributed by atoms with E-state index in [0.717, 1.165) is 4.57 Å². The summed E-state index contributed by atoms with van der Waals surface area (Å²) in [6.07, 6.45) is 0. The number of aliphatic hydroxyl groups is 1. The van der Waals surface area contributed by atoms with Gasteiger partial charge in [-0.2, -0.15) is 4.68 Å². The summed E-state index contributed by atoms with van der Waals surface area (Å²) >= 11 is 0. The lowest BCUT2D eigenvalue weighted by molar-refractivity contribution is 0.201. The zero-order valence-corrected chi connectivity index (χ0v) is 10.3. The predicted octanol–water partition coefficient (Wildman–Crippen LogP) is 0.331. The molecule has 0 radical (unpaired) electrons. The number of aliphatic hydroxyl groups excluding tert-OH is 1. The molecule has 96 valence electrons. The fraction of sp³-hybridized carbons (Fsp3) is 0.333. The van der Waals surface area contributed by atoms with E-state index in [9.17, 15) is 9.59 Å². The van der Waals surface area contributed by atoms with Crippen LogP contribution in [0.3, 0.4) is 0 Å². The second-order valence-electron chi connectivity index (χ2n) is 4.22. The quantitative estimate of drug-likeness (QED) is 0.852. The largest absolute Gasteiger partial charge is 0.376 e. The standard InChI is InChI=1S/C12H15N3O3/c1-9(2)14-11(17)13(8-16)12(18)15(14)10-6-4-3-5-7-10/h3-7,9,16H,8H2,1-2H3. The van der Waals surface area contributed by atoms with Crippen LogP contribution in [0.4, 0.5) is 0 Å². The Balaban J connectivity index is 2.82. The molecule has 1 aromatic heterocycles. The summed E-state index contributed by atoms with van der Waals surface area (Å²) in [4.78, 5) is 24.1. The highest BCUT2D eigenvalue weighted by Crippen LogP contribution is 2.06. The summed E-state index contributed by atoms with van der Waals surface area (Å²) in [6.45, 7) is 2.99. The minimum atomic E-state index is -0.621. The van der Waals surface area contributed by atoms with Crippen molar-refractivity contribution in [1.82, 2.24) is 13.9 Å². The summed E-state index contributed by atoms with van der Waals surface area (Å²) in [7, 11) is 0. The number of rotatable bonds is 3. The van der Waals surface area contributed by atoms with Gasteiger partial charge in [0.2, 0.25) is 0 Å². The first-order chi connectivity index (χ1) is 8.57. The highest BCUT2D eigenvalue weighted by atomic mass is 16.3. The number of hydrogen-bond acceptors (Lipinski definition) is 3. The van der Waals surface area contributed by atoms with Crippen LogP contribution in [0.25, 0.3) is 5.69 Å². The van der Waals surface area contributed by atoms with Crippen molar-refractivity contribution in [2.75, 3.05) is 0 Å². The third kappa shape index (κ3) is 1.80. The zero-order valence-electron chi connectivity index (χ0n) is 10.3. The number of para-hydroxylation sites is 1. The van der Waals surface area contributed by atoms with E-state index in [1.54, 1.807) is 24.3 Å². The number of aromatic nitrogens is 3. The summed E-state index contributed by atoms with van der Waals surface area (Å²) in [5.41, 5.74) is -0.454. The molecule has 0 amide bonds. The van der Waals surface area contributed by atoms with Crippen molar-refractivity contribution in [2.45, 2.75) is 26.6 Å². The molecule has 0 fully saturated rings. The van der Waals surface area contributed by atoms with Crippen molar-refractivity contribution >= 4 is 0 Å². The molecule has 1 aromatic carbocycles. The molecule has 0 saturated carbocycles. The number of nitrogens with zero attached hydrogens (tertiary/aromatic N) is 3. The van der Waals surface area contributed by atoms with Crippen LogP contribution in [0.5, 0.6) is 0 Å². The molecule has 2 aromatic rings. The second-order valence-corrected chi connectivity index (χ2v) is 4.22. The maximum Gasteiger partial charge on any atom is 0.353 e. The molecule has 0 aliphatic heterocycles. The van der Waals surface area contributed by atoms with Gasteiger partial charge < -0.3 is 5.11 Å². The van der Waals surface area contributed by atoms with Crippen LogP contribution >= 0.6 is 0 Å². The van der Waals surface area contributed by atoms with E-state index < -0.39 is 18.1 Å². The lowest BCUT2D eigenvalue weighted by Crippen LogP contribution is -2.29. The Bertz CT molecular complexity index is 649. The predicted molar refractivity (Wildman–Crippen MR) is 66.9 cm³/mol. The Hall–Kier alpha value is -2.08. The van der Waals surface area contributed by atoms with E-state index in [1.165, 1.54) is 9.36 Å². The smallest absolute Gasteiger partial charge is 0.353 e. The molecular weight excluding hydrogens is 234 g/mol. The average Bonchev–Trinajstić information content (AvgIpc) is 2.61. The third-order valence-electron chi connectivity index (χ3n) is 2.69. The molecule has 6 heteroatoms. The Morgan fingerprint density at radius 1 is 1.11 bits per heavy atom. The van der Waals surface area contributed by atoms with Crippen molar-refractivity contribution < 1.29 is 5.11 Å². The third-order valence-corrected chi connectivity index (χ3v) is 2.69. The first-order valence-electron chi connectivity index (χ1n) is 5.68. The van der Waals surface area contributed by atoms with Crippen molar-refractivity contribution in [3.63, 3.8) is 0 Å². The molecule has 2 rings (SSSR count). The number of benzene rings is 1. The minimum absolute atomic E-state index is 0.182. The number of hydrogen-bond donors (Lipinski definition) is 1. The summed E-state index contributed by atoms with van der Waals surface area (Å²) in [6, 6.07) is 8.69. The lowest BCUT2D eigenvalue weighted by Gasteiger charge is -2.12. The zero-order chi connectivity index (χ0) is 13.3. The molecule has 0 bridgehead atoms. The van der Waals surface area contributed by atoms with Gasteiger partial charge in [0.05, 0.1) is 11.7 Å². The van der Waals surface area contributed by atoms with Gasteiger partial charge in [-0.3, -0.25) is 0 Å². The first-order valence-corrected chi connectivity index (χ1v) is 5.68. The molecule has 1 N–H and O–H groups in total. The van der Waals surface area contributed by atoms with Crippen LogP contribution in [-0.4, -0.2) is 19.0 Å². The lowest BCUT2D eigenvalue weighted by atomic mass is 10.3. The monoisotopic (exact) mass is 249 g/mol. The molecule has 0 atom stereocenters. The fourth-order valence-corrected chi connectivity index (χ4v) is 1.87. The Morgan fingerprint density at radius 3 is 2.22 bits per heavy atom. The maximum absolute atomic E-state index is 12.1. The Morgan fingerprint density at radius 2 is 1.72 bits per heavy atom. The van der Waals surface area contributed by atoms with Crippen LogP contribution in [0, 0.1) is 0 Å². The van der Waals surface area contributed by atoms with Crippen molar-refractivity contribution in [3.05, 3.63) is 51.3 Å². The summed E-state index contributed by atoms with van der Waals surface area (Å²) in [5.74, 6) is 0. The van der Waals surface area contributed by atoms with Gasteiger partial charge in [0, 0.05) is 0 Å². The van der Waals surface area contributed by atoms with Gasteiger partial charge in [-0.25, -0.2) is 18.8 Å². The normalized spacial score (nSPS) is 11.1. The van der Waals surface area contributed by atoms with Gasteiger partial charge >= 0.3 is 11.4 Å². The maximum atomic E-state index is 12.1. The highest BCUT2D eigenvalue weighted by molar-refractivity contribution is 5.29. The Labute approximate surface area is 103 Å². The summed E-state index contributed by atoms with van der Waals surface area (Å²) < 4.78 is 3.41. The van der Waals surface area contributed by atoms with E-state index in [4.69, 9.17) is 5.11 Å². The van der Waals surface area contributed by atoms with Gasteiger partial charge in [-0.05, 0) is 26.0 Å². The molecule has 18 heavy (non-hydrogen) atoms. The average molecular weight is 249 g/mol. The summed E-state index contributed by atoms with van der Waals surface area (Å²) in [5, 5.41) is 9.10. The second kappa shape index (κ2) is 4.66. The van der Waals surface area contributed by atoms with Crippen molar-refractivity contribution in [3.8, 4) is 5.69 Å². The van der Waals surface area contributed by atoms with Crippen LogP contribution in [0.15, 0.2) is 39.9 Å². The highest BCUT2D eigenvalue weighted by Gasteiger charge is 2.18. The molecule has 6 nitrogen and oxygen atoms in total. The van der Waals surface area contributed by atoms with Crippen molar-refractivity contribution in [1.29, 1.82) is 0 Å². The van der Waals surface area contributed by atoms with Crippen LogP contribution in [0.1, 0.15) is 19.9 Å². The first kappa shape index (κ1) is 12.4. The van der Waals surface area contributed by atoms with Crippen molar-refractivity contribution in [2.24, 2.45) is 0 Å². The van der Waals surface area contributed by atoms with Gasteiger partial charge in [0.15, 0.2) is 0 Å². The Kier molecular flexibility index (Phi) is 3.20. The topological polar surface area (TPSA) is 69.2 Å². The SMILES string of the molecule is CC(C)n1c(=O)n(CO)c(=O)n1-c1ccccc1. The van der Waals surface area contributed by atoms with E-state index >= 15 is 0 Å². The van der Waals surface area contributed by atoms with E-state index in [-0.39, 0.29) is 6.04 Å². The molecule has 0 aliphatic carbocycles. The minimum Gasteiger partial charge on any atom is -0.376 e. The molecule has 0 saturated heterocycles. The molecule has 0 aliphatic rings.